The lowest BCUT2D eigenvalue weighted by atomic mass is 10.4. The van der Waals surface area contributed by atoms with E-state index in [-0.39, 0.29) is 12.5 Å². The maximum absolute atomic E-state index is 11.3. The number of nitrogens with two attached hydrogens (primary N) is 1. The zero-order chi connectivity index (χ0) is 11.3. The second kappa shape index (κ2) is 5.00. The number of nitrogen functional groups attached to an aromatic ring is 1. The third-order valence-corrected chi connectivity index (χ3v) is 1.99. The first kappa shape index (κ1) is 11.0. The van der Waals surface area contributed by atoms with E-state index in [2.05, 4.69) is 10.4 Å². The fourth-order valence-electron chi connectivity index (χ4n) is 1.07. The van der Waals surface area contributed by atoms with Gasteiger partial charge in [-0.1, -0.05) is 0 Å². The molecule has 0 radical (unpaired) electrons. The molecule has 1 rings (SSSR count). The highest BCUT2D eigenvalue weighted by atomic mass is 16.2. The molecule has 6 nitrogen and oxygen atoms in total. The Labute approximate surface area is 87.7 Å². The Kier molecular flexibility index (Phi) is 3.68. The SMILES string of the molecule is Cc1c(N)cnn1CC(=O)NCCC#N. The maximum atomic E-state index is 11.3. The number of hydrogen-bond acceptors (Lipinski definition) is 4. The summed E-state index contributed by atoms with van der Waals surface area (Å²) in [5, 5.41) is 14.8. The van der Waals surface area contributed by atoms with Crippen molar-refractivity contribution in [2.75, 3.05) is 12.3 Å². The molecule has 1 aromatic rings. The van der Waals surface area contributed by atoms with E-state index < -0.39 is 0 Å². The lowest BCUT2D eigenvalue weighted by molar-refractivity contribution is -0.121. The standard InChI is InChI=1S/C9H13N5O/c1-7-8(11)5-13-14(7)6-9(15)12-4-2-3-10/h5H,2,4,6,11H2,1H3,(H,12,15). The predicted molar refractivity (Wildman–Crippen MR) is 54.6 cm³/mol. The number of amides is 1. The quantitative estimate of drug-likeness (QED) is 0.668. The lowest BCUT2D eigenvalue weighted by Gasteiger charge is -2.04. The number of aromatic nitrogens is 2. The van der Waals surface area contributed by atoms with Crippen LogP contribution in [0.25, 0.3) is 0 Å². The molecule has 80 valence electrons. The zero-order valence-corrected chi connectivity index (χ0v) is 8.53. The Bertz CT molecular complexity index is 390. The first-order valence-electron chi connectivity index (χ1n) is 4.56. The van der Waals surface area contributed by atoms with E-state index in [1.54, 1.807) is 6.92 Å². The number of nitrogens with zero attached hydrogens (tertiary/aromatic N) is 3. The van der Waals surface area contributed by atoms with E-state index in [4.69, 9.17) is 11.0 Å². The molecule has 0 spiro atoms. The van der Waals surface area contributed by atoms with Crippen LogP contribution in [0.15, 0.2) is 6.20 Å². The van der Waals surface area contributed by atoms with Crippen LogP contribution in [0.1, 0.15) is 12.1 Å². The Morgan fingerprint density at radius 3 is 3.07 bits per heavy atom. The van der Waals surface area contributed by atoms with E-state index in [0.29, 0.717) is 18.7 Å². The van der Waals surface area contributed by atoms with E-state index in [1.165, 1.54) is 10.9 Å². The largest absolute Gasteiger partial charge is 0.396 e. The van der Waals surface area contributed by atoms with Gasteiger partial charge in [0.25, 0.3) is 0 Å². The minimum Gasteiger partial charge on any atom is -0.396 e. The second-order valence-corrected chi connectivity index (χ2v) is 3.10. The highest BCUT2D eigenvalue weighted by Gasteiger charge is 2.07. The van der Waals surface area contributed by atoms with Gasteiger partial charge in [0.05, 0.1) is 30.1 Å². The molecule has 3 N–H and O–H groups in total. The normalized spacial score (nSPS) is 9.60. The third kappa shape index (κ3) is 2.98. The molecule has 0 unspecified atom stereocenters. The molecule has 0 fully saturated rings. The molecule has 0 aliphatic rings. The van der Waals surface area contributed by atoms with Gasteiger partial charge in [-0.25, -0.2) is 0 Å². The van der Waals surface area contributed by atoms with Crippen LogP contribution in [-0.4, -0.2) is 22.2 Å². The number of anilines is 1. The highest BCUT2D eigenvalue weighted by molar-refractivity contribution is 5.75. The van der Waals surface area contributed by atoms with Crippen molar-refractivity contribution in [3.8, 4) is 6.07 Å². The van der Waals surface area contributed by atoms with Crippen molar-refractivity contribution in [1.82, 2.24) is 15.1 Å². The molecule has 1 amide bonds. The molecule has 0 aliphatic heterocycles. The van der Waals surface area contributed by atoms with Gasteiger partial charge in [0.2, 0.25) is 5.91 Å². The number of carbonyl (C=O) groups excluding carboxylic acids is 1. The van der Waals surface area contributed by atoms with Crippen molar-refractivity contribution < 1.29 is 4.79 Å². The molecule has 1 heterocycles. The molecular weight excluding hydrogens is 194 g/mol. The van der Waals surface area contributed by atoms with Gasteiger partial charge in [-0.3, -0.25) is 9.48 Å². The summed E-state index contributed by atoms with van der Waals surface area (Å²) in [6.07, 6.45) is 1.82. The summed E-state index contributed by atoms with van der Waals surface area (Å²) in [5.41, 5.74) is 6.92. The Morgan fingerprint density at radius 2 is 2.53 bits per heavy atom. The molecule has 0 atom stereocenters. The minimum absolute atomic E-state index is 0.133. The minimum atomic E-state index is -0.170. The maximum Gasteiger partial charge on any atom is 0.241 e. The average molecular weight is 207 g/mol. The summed E-state index contributed by atoms with van der Waals surface area (Å²) in [7, 11) is 0. The number of rotatable bonds is 4. The van der Waals surface area contributed by atoms with Crippen molar-refractivity contribution in [3.63, 3.8) is 0 Å². The first-order chi connectivity index (χ1) is 7.15. The predicted octanol–water partition coefficient (Wildman–Crippen LogP) is -0.196. The number of nitriles is 1. The van der Waals surface area contributed by atoms with Crippen molar-refractivity contribution >= 4 is 11.6 Å². The number of nitrogens with one attached hydrogen (secondary N) is 1. The van der Waals surface area contributed by atoms with E-state index in [0.717, 1.165) is 5.69 Å². The molecule has 0 saturated carbocycles. The van der Waals surface area contributed by atoms with Gasteiger partial charge in [0.15, 0.2) is 0 Å². The number of carbonyl (C=O) groups is 1. The zero-order valence-electron chi connectivity index (χ0n) is 8.53. The molecule has 0 bridgehead atoms. The van der Waals surface area contributed by atoms with Crippen molar-refractivity contribution in [2.45, 2.75) is 19.9 Å². The van der Waals surface area contributed by atoms with Crippen LogP contribution in [-0.2, 0) is 11.3 Å². The first-order valence-corrected chi connectivity index (χ1v) is 4.56. The smallest absolute Gasteiger partial charge is 0.241 e. The van der Waals surface area contributed by atoms with Gasteiger partial charge >= 0.3 is 0 Å². The van der Waals surface area contributed by atoms with E-state index in [9.17, 15) is 4.79 Å². The van der Waals surface area contributed by atoms with Crippen LogP contribution in [0.4, 0.5) is 5.69 Å². The molecular formula is C9H13N5O. The Morgan fingerprint density at radius 1 is 1.80 bits per heavy atom. The Hall–Kier alpha value is -2.03. The topological polar surface area (TPSA) is 96.7 Å². The van der Waals surface area contributed by atoms with Gasteiger partial charge in [-0.05, 0) is 6.92 Å². The summed E-state index contributed by atoms with van der Waals surface area (Å²) >= 11 is 0. The van der Waals surface area contributed by atoms with Crippen molar-refractivity contribution in [1.29, 1.82) is 5.26 Å². The molecule has 6 heteroatoms. The van der Waals surface area contributed by atoms with Gasteiger partial charge in [0.1, 0.15) is 6.54 Å². The van der Waals surface area contributed by atoms with Gasteiger partial charge < -0.3 is 11.1 Å². The van der Waals surface area contributed by atoms with Gasteiger partial charge in [0, 0.05) is 6.54 Å². The molecule has 1 aromatic heterocycles. The fraction of sp³-hybridized carbons (Fsp3) is 0.444. The average Bonchev–Trinajstić information content (AvgIpc) is 2.50. The molecule has 0 saturated heterocycles. The molecule has 15 heavy (non-hydrogen) atoms. The summed E-state index contributed by atoms with van der Waals surface area (Å²) in [6.45, 7) is 2.30. The summed E-state index contributed by atoms with van der Waals surface area (Å²) in [5.74, 6) is -0.170. The van der Waals surface area contributed by atoms with Crippen LogP contribution in [0.3, 0.4) is 0 Å². The van der Waals surface area contributed by atoms with Gasteiger partial charge in [-0.2, -0.15) is 10.4 Å². The van der Waals surface area contributed by atoms with E-state index in [1.807, 2.05) is 6.07 Å². The van der Waals surface area contributed by atoms with Crippen molar-refractivity contribution in [3.05, 3.63) is 11.9 Å². The monoisotopic (exact) mass is 207 g/mol. The van der Waals surface area contributed by atoms with Crippen LogP contribution in [0, 0.1) is 18.3 Å². The summed E-state index contributed by atoms with van der Waals surface area (Å²) < 4.78 is 1.52. The Balaban J connectivity index is 2.45. The van der Waals surface area contributed by atoms with Crippen LogP contribution in [0.2, 0.25) is 0 Å². The van der Waals surface area contributed by atoms with Crippen LogP contribution in [0.5, 0.6) is 0 Å². The van der Waals surface area contributed by atoms with Crippen LogP contribution < -0.4 is 11.1 Å². The fourth-order valence-corrected chi connectivity index (χ4v) is 1.07. The summed E-state index contributed by atoms with van der Waals surface area (Å²) in [6, 6.07) is 1.95. The highest BCUT2D eigenvalue weighted by Crippen LogP contribution is 2.07. The summed E-state index contributed by atoms with van der Waals surface area (Å²) in [4.78, 5) is 11.3. The second-order valence-electron chi connectivity index (χ2n) is 3.10. The van der Waals surface area contributed by atoms with Gasteiger partial charge in [-0.15, -0.1) is 0 Å². The lowest BCUT2D eigenvalue weighted by Crippen LogP contribution is -2.29. The van der Waals surface area contributed by atoms with Crippen LogP contribution >= 0.6 is 0 Å². The molecule has 0 aromatic carbocycles. The molecule has 0 aliphatic carbocycles. The number of hydrogen-bond donors (Lipinski definition) is 2. The third-order valence-electron chi connectivity index (χ3n) is 1.99. The van der Waals surface area contributed by atoms with E-state index >= 15 is 0 Å². The van der Waals surface area contributed by atoms with Crippen molar-refractivity contribution in [2.24, 2.45) is 0 Å².